The van der Waals surface area contributed by atoms with Gasteiger partial charge in [-0.2, -0.15) is 0 Å². The van der Waals surface area contributed by atoms with Crippen LogP contribution in [0.3, 0.4) is 0 Å². The summed E-state index contributed by atoms with van der Waals surface area (Å²) in [6.07, 6.45) is 2.98. The maximum Gasteiger partial charge on any atom is 0.256 e. The molecule has 0 spiro atoms. The Balaban J connectivity index is 1.70. The van der Waals surface area contributed by atoms with Crippen LogP contribution in [-0.2, 0) is 4.79 Å². The van der Waals surface area contributed by atoms with Gasteiger partial charge in [0.25, 0.3) is 5.91 Å². The Morgan fingerprint density at radius 3 is 2.90 bits per heavy atom. The molecule has 1 aromatic heterocycles. The van der Waals surface area contributed by atoms with Gasteiger partial charge in [0, 0.05) is 16.5 Å². The molecule has 2 heterocycles. The maximum atomic E-state index is 12.1. The monoisotopic (exact) mass is 299 g/mol. The van der Waals surface area contributed by atoms with Gasteiger partial charge in [-0.3, -0.25) is 4.79 Å². The van der Waals surface area contributed by atoms with E-state index < -0.39 is 0 Å². The Bertz CT molecular complexity index is 775. The molecular weight excluding hydrogens is 286 g/mol. The number of halogens is 1. The van der Waals surface area contributed by atoms with Crippen molar-refractivity contribution in [1.29, 1.82) is 0 Å². The third-order valence-electron chi connectivity index (χ3n) is 4.17. The molecule has 4 rings (SSSR count). The first kappa shape index (κ1) is 12.7. The topological polar surface area (TPSA) is 42.2 Å². The molecule has 3 nitrogen and oxygen atoms in total. The molecule has 2 aromatic rings. The molecule has 0 unspecified atom stereocenters. The third-order valence-corrected chi connectivity index (χ3v) is 4.41. The van der Waals surface area contributed by atoms with E-state index in [4.69, 9.17) is 16.0 Å². The number of anilines is 1. The summed E-state index contributed by atoms with van der Waals surface area (Å²) in [6.45, 7) is 2.22. The number of hydrogen-bond donors (Lipinski definition) is 1. The Morgan fingerprint density at radius 1 is 1.33 bits per heavy atom. The largest absolute Gasteiger partial charge is 0.461 e. The van der Waals surface area contributed by atoms with E-state index in [2.05, 4.69) is 12.2 Å². The number of rotatable bonds is 2. The number of carbonyl (C=O) groups is 1. The highest BCUT2D eigenvalue weighted by Gasteiger charge is 2.36. The predicted octanol–water partition coefficient (Wildman–Crippen LogP) is 4.55. The second kappa shape index (κ2) is 4.50. The Morgan fingerprint density at radius 2 is 2.14 bits per heavy atom. The molecule has 1 saturated carbocycles. The van der Waals surface area contributed by atoms with Gasteiger partial charge in [0.15, 0.2) is 0 Å². The molecule has 2 atom stereocenters. The molecule has 1 aliphatic carbocycles. The van der Waals surface area contributed by atoms with Gasteiger partial charge in [0.05, 0.1) is 11.3 Å². The van der Waals surface area contributed by atoms with E-state index in [9.17, 15) is 4.79 Å². The van der Waals surface area contributed by atoms with Crippen LogP contribution in [0.4, 0.5) is 5.69 Å². The fourth-order valence-electron chi connectivity index (χ4n) is 2.82. The molecule has 1 fully saturated rings. The number of hydrogen-bond acceptors (Lipinski definition) is 2. The molecule has 4 heteroatoms. The zero-order chi connectivity index (χ0) is 14.6. The lowest BCUT2D eigenvalue weighted by molar-refractivity contribution is -0.110. The number of furan rings is 1. The van der Waals surface area contributed by atoms with Gasteiger partial charge < -0.3 is 9.73 Å². The van der Waals surface area contributed by atoms with E-state index in [1.54, 1.807) is 18.2 Å². The number of amides is 1. The van der Waals surface area contributed by atoms with Gasteiger partial charge in [0.1, 0.15) is 11.5 Å². The molecule has 1 aromatic carbocycles. The highest BCUT2D eigenvalue weighted by molar-refractivity contribution is 6.36. The van der Waals surface area contributed by atoms with Gasteiger partial charge in [-0.05, 0) is 42.7 Å². The second-order valence-electron chi connectivity index (χ2n) is 5.76. The van der Waals surface area contributed by atoms with Crippen molar-refractivity contribution >= 4 is 34.8 Å². The predicted molar refractivity (Wildman–Crippen MR) is 83.2 cm³/mol. The van der Waals surface area contributed by atoms with Crippen molar-refractivity contribution in [2.24, 2.45) is 5.92 Å². The summed E-state index contributed by atoms with van der Waals surface area (Å²) >= 11 is 5.95. The number of nitrogens with one attached hydrogen (secondary N) is 1. The molecule has 1 amide bonds. The highest BCUT2D eigenvalue weighted by Crippen LogP contribution is 2.47. The summed E-state index contributed by atoms with van der Waals surface area (Å²) in [6, 6.07) is 9.34. The number of carbonyl (C=O) groups excluding carboxylic acids is 1. The van der Waals surface area contributed by atoms with Crippen molar-refractivity contribution in [2.45, 2.75) is 19.3 Å². The molecule has 1 aliphatic heterocycles. The van der Waals surface area contributed by atoms with Gasteiger partial charge >= 0.3 is 0 Å². The van der Waals surface area contributed by atoms with Crippen LogP contribution in [0.15, 0.2) is 34.7 Å². The van der Waals surface area contributed by atoms with Crippen LogP contribution in [-0.4, -0.2) is 5.91 Å². The van der Waals surface area contributed by atoms with E-state index in [0.29, 0.717) is 22.4 Å². The van der Waals surface area contributed by atoms with Crippen LogP contribution in [0.2, 0.25) is 5.02 Å². The first-order valence-corrected chi connectivity index (χ1v) is 7.42. The Labute approximate surface area is 127 Å². The average molecular weight is 300 g/mol. The van der Waals surface area contributed by atoms with E-state index in [-0.39, 0.29) is 5.91 Å². The summed E-state index contributed by atoms with van der Waals surface area (Å²) in [4.78, 5) is 12.1. The molecule has 21 heavy (non-hydrogen) atoms. The lowest BCUT2D eigenvalue weighted by Crippen LogP contribution is -2.03. The van der Waals surface area contributed by atoms with Crippen LogP contribution in [0.25, 0.3) is 11.6 Å². The summed E-state index contributed by atoms with van der Waals surface area (Å²) in [5.41, 5.74) is 2.23. The summed E-state index contributed by atoms with van der Waals surface area (Å²) < 4.78 is 5.84. The zero-order valence-corrected chi connectivity index (χ0v) is 12.3. The molecule has 1 N–H and O–H groups in total. The summed E-state index contributed by atoms with van der Waals surface area (Å²) in [5.74, 6) is 2.86. The smallest absolute Gasteiger partial charge is 0.256 e. The lowest BCUT2D eigenvalue weighted by Gasteiger charge is -1.98. The molecule has 0 bridgehead atoms. The number of benzene rings is 1. The molecule has 106 valence electrons. The van der Waals surface area contributed by atoms with Crippen molar-refractivity contribution in [2.75, 3.05) is 5.32 Å². The molecular formula is C17H14ClNO2. The van der Waals surface area contributed by atoms with Gasteiger partial charge in [-0.25, -0.2) is 0 Å². The van der Waals surface area contributed by atoms with Crippen LogP contribution in [0, 0.1) is 5.92 Å². The van der Waals surface area contributed by atoms with Gasteiger partial charge in [-0.1, -0.05) is 24.6 Å². The Kier molecular flexibility index (Phi) is 2.73. The minimum atomic E-state index is -0.120. The van der Waals surface area contributed by atoms with Crippen molar-refractivity contribution < 1.29 is 9.21 Å². The van der Waals surface area contributed by atoms with Crippen molar-refractivity contribution in [3.05, 3.63) is 52.4 Å². The zero-order valence-electron chi connectivity index (χ0n) is 11.5. The van der Waals surface area contributed by atoms with Crippen molar-refractivity contribution in [3.63, 3.8) is 0 Å². The standard InChI is InChI=1S/C17H14ClNO2/c1-9-6-13(9)16-5-3-11(21-16)8-14-12-4-2-10(18)7-15(12)19-17(14)20/h2-5,7-9,13H,6H2,1H3,(H,19,20)/b14-8-/t9-,13+/m1/s1. The maximum absolute atomic E-state index is 12.1. The summed E-state index contributed by atoms with van der Waals surface area (Å²) in [7, 11) is 0. The van der Waals surface area contributed by atoms with E-state index in [0.717, 1.165) is 22.8 Å². The Hall–Kier alpha value is -2.00. The highest BCUT2D eigenvalue weighted by atomic mass is 35.5. The van der Waals surface area contributed by atoms with Gasteiger partial charge in [0.2, 0.25) is 0 Å². The SMILES string of the molecule is C[C@@H]1C[C@@H]1c1ccc(/C=C2\C(=O)Nc3cc(Cl)ccc32)o1. The van der Waals surface area contributed by atoms with Crippen LogP contribution in [0.5, 0.6) is 0 Å². The summed E-state index contributed by atoms with van der Waals surface area (Å²) in [5, 5.41) is 3.43. The molecule has 0 radical (unpaired) electrons. The quantitative estimate of drug-likeness (QED) is 0.827. The van der Waals surface area contributed by atoms with Crippen LogP contribution < -0.4 is 5.32 Å². The van der Waals surface area contributed by atoms with Crippen LogP contribution in [0.1, 0.15) is 36.3 Å². The average Bonchev–Trinajstić information content (AvgIpc) is 2.88. The number of fused-ring (bicyclic) bond motifs is 1. The minimum absolute atomic E-state index is 0.120. The minimum Gasteiger partial charge on any atom is -0.461 e. The van der Waals surface area contributed by atoms with Crippen molar-refractivity contribution in [1.82, 2.24) is 0 Å². The fourth-order valence-corrected chi connectivity index (χ4v) is 2.99. The van der Waals surface area contributed by atoms with Crippen LogP contribution >= 0.6 is 11.6 Å². The normalized spacial score (nSPS) is 25.0. The second-order valence-corrected chi connectivity index (χ2v) is 6.20. The third kappa shape index (κ3) is 2.18. The van der Waals surface area contributed by atoms with E-state index in [1.807, 2.05) is 18.2 Å². The first-order valence-electron chi connectivity index (χ1n) is 7.04. The lowest BCUT2D eigenvalue weighted by atomic mass is 10.1. The molecule has 2 aliphatic rings. The first-order chi connectivity index (χ1) is 10.1. The fraction of sp³-hybridized carbons (Fsp3) is 0.235. The van der Waals surface area contributed by atoms with E-state index >= 15 is 0 Å². The van der Waals surface area contributed by atoms with Gasteiger partial charge in [-0.15, -0.1) is 0 Å². The van der Waals surface area contributed by atoms with E-state index in [1.165, 1.54) is 6.42 Å². The molecule has 0 saturated heterocycles. The van der Waals surface area contributed by atoms with Crippen molar-refractivity contribution in [3.8, 4) is 0 Å².